The molecule has 0 saturated heterocycles. The first-order valence-corrected chi connectivity index (χ1v) is 4.55. The van der Waals surface area contributed by atoms with Gasteiger partial charge in [0.1, 0.15) is 0 Å². The number of aryl methyl sites for hydroxylation is 2. The molecule has 0 aliphatic heterocycles. The second-order valence-corrected chi connectivity index (χ2v) is 3.78. The maximum absolute atomic E-state index is 4.95. The summed E-state index contributed by atoms with van der Waals surface area (Å²) in [6, 6.07) is 0. The van der Waals surface area contributed by atoms with Gasteiger partial charge < -0.3 is 4.74 Å². The summed E-state index contributed by atoms with van der Waals surface area (Å²) in [5.41, 5.74) is 0. The van der Waals surface area contributed by atoms with E-state index in [1.54, 1.807) is 18.4 Å². The zero-order chi connectivity index (χ0) is 8.10. The van der Waals surface area contributed by atoms with E-state index in [2.05, 4.69) is 11.9 Å². The van der Waals surface area contributed by atoms with E-state index in [0.29, 0.717) is 0 Å². The van der Waals surface area contributed by atoms with Crippen molar-refractivity contribution in [3.8, 4) is 0 Å². The number of hydrogen-bond acceptors (Lipinski definition) is 3. The molecule has 62 valence electrons. The Morgan fingerprint density at radius 1 is 1.64 bits per heavy atom. The Morgan fingerprint density at radius 2 is 2.45 bits per heavy atom. The Balaban J connectivity index is 2.27. The molecule has 3 heteroatoms. The lowest BCUT2D eigenvalue weighted by atomic mass is 10.3. The van der Waals surface area contributed by atoms with Crippen LogP contribution in [0.2, 0.25) is 0 Å². The van der Waals surface area contributed by atoms with Crippen LogP contribution in [0, 0.1) is 6.92 Å². The van der Waals surface area contributed by atoms with Crippen LogP contribution >= 0.6 is 11.3 Å². The molecule has 0 saturated carbocycles. The molecule has 0 amide bonds. The fourth-order valence-corrected chi connectivity index (χ4v) is 1.71. The van der Waals surface area contributed by atoms with Crippen molar-refractivity contribution < 1.29 is 4.74 Å². The lowest BCUT2D eigenvalue weighted by Gasteiger charge is -1.94. The molecule has 0 fully saturated rings. The number of thiazole rings is 1. The summed E-state index contributed by atoms with van der Waals surface area (Å²) >= 11 is 1.77. The number of methoxy groups -OCH3 is 1. The molecule has 0 aliphatic carbocycles. The maximum atomic E-state index is 4.95. The van der Waals surface area contributed by atoms with E-state index in [0.717, 1.165) is 19.4 Å². The number of ether oxygens (including phenoxy) is 1. The van der Waals surface area contributed by atoms with Crippen LogP contribution in [-0.2, 0) is 11.2 Å². The van der Waals surface area contributed by atoms with Crippen LogP contribution in [0.25, 0.3) is 0 Å². The first-order chi connectivity index (χ1) is 5.33. The quantitative estimate of drug-likeness (QED) is 0.647. The summed E-state index contributed by atoms with van der Waals surface area (Å²) in [4.78, 5) is 5.54. The van der Waals surface area contributed by atoms with Crippen molar-refractivity contribution in [2.24, 2.45) is 0 Å². The Bertz CT molecular complexity index is 210. The van der Waals surface area contributed by atoms with Gasteiger partial charge in [0, 0.05) is 31.2 Å². The van der Waals surface area contributed by atoms with E-state index in [-0.39, 0.29) is 0 Å². The minimum absolute atomic E-state index is 0.832. The highest BCUT2D eigenvalue weighted by atomic mass is 32.1. The maximum Gasteiger partial charge on any atom is 0.0928 e. The Labute approximate surface area is 71.2 Å². The zero-order valence-corrected chi connectivity index (χ0v) is 7.78. The van der Waals surface area contributed by atoms with Crippen LogP contribution in [0.3, 0.4) is 0 Å². The van der Waals surface area contributed by atoms with E-state index in [9.17, 15) is 0 Å². The Kier molecular flexibility index (Phi) is 3.52. The summed E-state index contributed by atoms with van der Waals surface area (Å²) in [7, 11) is 1.73. The van der Waals surface area contributed by atoms with Crippen molar-refractivity contribution in [2.75, 3.05) is 13.7 Å². The van der Waals surface area contributed by atoms with Gasteiger partial charge in [-0.1, -0.05) is 0 Å². The van der Waals surface area contributed by atoms with Crippen LogP contribution in [0.5, 0.6) is 0 Å². The van der Waals surface area contributed by atoms with Gasteiger partial charge in [0.15, 0.2) is 0 Å². The molecule has 0 radical (unpaired) electrons. The number of nitrogens with zero attached hydrogens (tertiary/aromatic N) is 1. The third kappa shape index (κ3) is 2.99. The Hall–Kier alpha value is -0.410. The SMILES string of the molecule is COCCCc1ncc(C)s1. The molecule has 0 N–H and O–H groups in total. The predicted molar refractivity (Wildman–Crippen MR) is 47.0 cm³/mol. The van der Waals surface area contributed by atoms with E-state index in [1.807, 2.05) is 6.20 Å². The normalized spacial score (nSPS) is 10.4. The highest BCUT2D eigenvalue weighted by molar-refractivity contribution is 7.11. The van der Waals surface area contributed by atoms with E-state index in [1.165, 1.54) is 9.88 Å². The summed E-state index contributed by atoms with van der Waals surface area (Å²) in [6.45, 7) is 2.91. The molecule has 0 aliphatic rings. The van der Waals surface area contributed by atoms with Gasteiger partial charge in [0.05, 0.1) is 5.01 Å². The standard InChI is InChI=1S/C8H13NOS/c1-7-6-9-8(11-7)4-3-5-10-2/h6H,3-5H2,1-2H3. The van der Waals surface area contributed by atoms with E-state index < -0.39 is 0 Å². The largest absolute Gasteiger partial charge is 0.385 e. The molecule has 0 spiro atoms. The van der Waals surface area contributed by atoms with Gasteiger partial charge >= 0.3 is 0 Å². The third-order valence-electron chi connectivity index (χ3n) is 1.41. The molecular formula is C8H13NOS. The molecule has 1 rings (SSSR count). The van der Waals surface area contributed by atoms with Crippen molar-refractivity contribution in [2.45, 2.75) is 19.8 Å². The van der Waals surface area contributed by atoms with E-state index in [4.69, 9.17) is 4.74 Å². The van der Waals surface area contributed by atoms with Crippen LogP contribution in [0.1, 0.15) is 16.3 Å². The van der Waals surface area contributed by atoms with Gasteiger partial charge in [-0.25, -0.2) is 4.98 Å². The van der Waals surface area contributed by atoms with E-state index >= 15 is 0 Å². The summed E-state index contributed by atoms with van der Waals surface area (Å²) < 4.78 is 4.95. The second kappa shape index (κ2) is 4.46. The third-order valence-corrected chi connectivity index (χ3v) is 2.38. The van der Waals surface area contributed by atoms with Crippen molar-refractivity contribution >= 4 is 11.3 Å². The first kappa shape index (κ1) is 8.68. The molecule has 0 aromatic carbocycles. The smallest absolute Gasteiger partial charge is 0.0928 e. The van der Waals surface area contributed by atoms with Gasteiger partial charge in [0.2, 0.25) is 0 Å². The lowest BCUT2D eigenvalue weighted by molar-refractivity contribution is 0.195. The fourth-order valence-electron chi connectivity index (χ4n) is 0.885. The zero-order valence-electron chi connectivity index (χ0n) is 6.96. The van der Waals surface area contributed by atoms with Crippen LogP contribution in [0.15, 0.2) is 6.20 Å². The highest BCUT2D eigenvalue weighted by Crippen LogP contribution is 2.12. The summed E-state index contributed by atoms with van der Waals surface area (Å²) in [5.74, 6) is 0. The molecule has 1 aromatic rings. The molecular weight excluding hydrogens is 158 g/mol. The van der Waals surface area contributed by atoms with Gasteiger partial charge in [-0.2, -0.15) is 0 Å². The molecule has 1 aromatic heterocycles. The second-order valence-electron chi connectivity index (χ2n) is 2.46. The van der Waals surface area contributed by atoms with Crippen molar-refractivity contribution in [1.29, 1.82) is 0 Å². The number of rotatable bonds is 4. The topological polar surface area (TPSA) is 22.1 Å². The number of hydrogen-bond donors (Lipinski definition) is 0. The minimum atomic E-state index is 0.832. The highest BCUT2D eigenvalue weighted by Gasteiger charge is 1.96. The Morgan fingerprint density at radius 3 is 3.00 bits per heavy atom. The van der Waals surface area contributed by atoms with Crippen molar-refractivity contribution in [3.63, 3.8) is 0 Å². The minimum Gasteiger partial charge on any atom is -0.385 e. The van der Waals surface area contributed by atoms with Gasteiger partial charge in [-0.3, -0.25) is 0 Å². The average Bonchev–Trinajstić information content (AvgIpc) is 2.37. The molecule has 0 bridgehead atoms. The van der Waals surface area contributed by atoms with Crippen LogP contribution in [-0.4, -0.2) is 18.7 Å². The summed E-state index contributed by atoms with van der Waals surface area (Å²) in [5, 5.41) is 1.22. The number of aromatic nitrogens is 1. The van der Waals surface area contributed by atoms with Crippen LogP contribution in [0.4, 0.5) is 0 Å². The van der Waals surface area contributed by atoms with Gasteiger partial charge in [-0.15, -0.1) is 11.3 Å². The molecule has 0 unspecified atom stereocenters. The first-order valence-electron chi connectivity index (χ1n) is 3.73. The molecule has 2 nitrogen and oxygen atoms in total. The molecule has 1 heterocycles. The van der Waals surface area contributed by atoms with Gasteiger partial charge in [-0.05, 0) is 13.3 Å². The van der Waals surface area contributed by atoms with Crippen LogP contribution < -0.4 is 0 Å². The fraction of sp³-hybridized carbons (Fsp3) is 0.625. The predicted octanol–water partition coefficient (Wildman–Crippen LogP) is 2.03. The summed E-state index contributed by atoms with van der Waals surface area (Å²) in [6.07, 6.45) is 4.04. The van der Waals surface area contributed by atoms with Gasteiger partial charge in [0.25, 0.3) is 0 Å². The van der Waals surface area contributed by atoms with Crippen molar-refractivity contribution in [1.82, 2.24) is 4.98 Å². The lowest BCUT2D eigenvalue weighted by Crippen LogP contribution is -1.91. The molecule has 0 atom stereocenters. The monoisotopic (exact) mass is 171 g/mol. The molecule has 11 heavy (non-hydrogen) atoms. The average molecular weight is 171 g/mol. The van der Waals surface area contributed by atoms with Crippen molar-refractivity contribution in [3.05, 3.63) is 16.1 Å².